The molecule has 0 aliphatic carbocycles. The Bertz CT molecular complexity index is 606. The maximum atomic E-state index is 12.3. The molecule has 0 radical (unpaired) electrons. The number of hydrogen-bond donors (Lipinski definition) is 3. The van der Waals surface area contributed by atoms with Crippen LogP contribution in [0.5, 0.6) is 11.5 Å². The standard InChI is InChI=1S/C18H27N3O4/c1-3-24-15-8-7-14(10-16(15)25-4-2)20-17(22)12-21-9-5-6-13(11-21)18(19)23/h7-8,10,13H,3-6,9,11-12H2,1-2H3,(H2,19,23)(H,20,22)/p+1/t13-/m1/s1. The van der Waals surface area contributed by atoms with Gasteiger partial charge in [0.1, 0.15) is 0 Å². The maximum absolute atomic E-state index is 12.3. The Hall–Kier alpha value is -2.28. The van der Waals surface area contributed by atoms with Crippen LogP contribution in [-0.4, -0.2) is 44.7 Å². The summed E-state index contributed by atoms with van der Waals surface area (Å²) in [6.07, 6.45) is 1.73. The van der Waals surface area contributed by atoms with Crippen LogP contribution in [0.4, 0.5) is 5.69 Å². The summed E-state index contributed by atoms with van der Waals surface area (Å²) in [7, 11) is 0. The molecule has 1 aromatic rings. The molecule has 0 aromatic heterocycles. The van der Waals surface area contributed by atoms with Crippen LogP contribution in [-0.2, 0) is 9.59 Å². The molecule has 1 saturated heterocycles. The molecule has 1 unspecified atom stereocenters. The van der Waals surface area contributed by atoms with Gasteiger partial charge in [-0.2, -0.15) is 0 Å². The topological polar surface area (TPSA) is 95.1 Å². The van der Waals surface area contributed by atoms with Gasteiger partial charge in [-0.1, -0.05) is 0 Å². The number of carbonyl (C=O) groups excluding carboxylic acids is 2. The van der Waals surface area contributed by atoms with E-state index in [9.17, 15) is 9.59 Å². The van der Waals surface area contributed by atoms with Crippen LogP contribution in [0.2, 0.25) is 0 Å². The zero-order valence-corrected chi connectivity index (χ0v) is 15.0. The van der Waals surface area contributed by atoms with Crippen molar-refractivity contribution in [3.05, 3.63) is 18.2 Å². The van der Waals surface area contributed by atoms with Crippen molar-refractivity contribution in [2.45, 2.75) is 26.7 Å². The number of primary amides is 1. The van der Waals surface area contributed by atoms with E-state index >= 15 is 0 Å². The largest absolute Gasteiger partial charge is 0.490 e. The van der Waals surface area contributed by atoms with Gasteiger partial charge < -0.3 is 25.4 Å². The summed E-state index contributed by atoms with van der Waals surface area (Å²) >= 11 is 0. The predicted molar refractivity (Wildman–Crippen MR) is 94.9 cm³/mol. The Morgan fingerprint density at radius 1 is 1.24 bits per heavy atom. The second-order valence-corrected chi connectivity index (χ2v) is 6.20. The number of nitrogens with one attached hydrogen (secondary N) is 2. The molecule has 7 heteroatoms. The number of nitrogens with two attached hydrogens (primary N) is 1. The van der Waals surface area contributed by atoms with E-state index in [1.54, 1.807) is 18.2 Å². The van der Waals surface area contributed by atoms with E-state index in [-0.39, 0.29) is 17.7 Å². The van der Waals surface area contributed by atoms with E-state index in [1.165, 1.54) is 0 Å². The van der Waals surface area contributed by atoms with Gasteiger partial charge in [0.15, 0.2) is 18.0 Å². The summed E-state index contributed by atoms with van der Waals surface area (Å²) in [5.74, 6) is 0.776. The highest BCUT2D eigenvalue weighted by Gasteiger charge is 2.28. The number of ether oxygens (including phenoxy) is 2. The second kappa shape index (κ2) is 9.27. The van der Waals surface area contributed by atoms with Crippen molar-refractivity contribution in [2.24, 2.45) is 11.7 Å². The third kappa shape index (κ3) is 5.63. The van der Waals surface area contributed by atoms with Crippen LogP contribution in [0.3, 0.4) is 0 Å². The molecule has 1 fully saturated rings. The molecule has 7 nitrogen and oxygen atoms in total. The second-order valence-electron chi connectivity index (χ2n) is 6.20. The molecule has 0 bridgehead atoms. The van der Waals surface area contributed by atoms with Gasteiger partial charge in [-0.15, -0.1) is 0 Å². The molecular weight excluding hydrogens is 322 g/mol. The van der Waals surface area contributed by atoms with E-state index < -0.39 is 0 Å². The molecule has 1 aliphatic rings. The average Bonchev–Trinajstić information content (AvgIpc) is 2.57. The number of benzene rings is 1. The molecule has 2 rings (SSSR count). The first-order valence-corrected chi connectivity index (χ1v) is 8.85. The summed E-state index contributed by atoms with van der Waals surface area (Å²) in [4.78, 5) is 24.7. The first-order chi connectivity index (χ1) is 12.0. The Balaban J connectivity index is 1.95. The Morgan fingerprint density at radius 3 is 2.64 bits per heavy atom. The average molecular weight is 350 g/mol. The predicted octanol–water partition coefficient (Wildman–Crippen LogP) is 0.203. The Labute approximate surface area is 148 Å². The summed E-state index contributed by atoms with van der Waals surface area (Å²) < 4.78 is 11.1. The van der Waals surface area contributed by atoms with E-state index in [1.807, 2.05) is 13.8 Å². The van der Waals surface area contributed by atoms with Crippen LogP contribution >= 0.6 is 0 Å². The Morgan fingerprint density at radius 2 is 1.96 bits per heavy atom. The molecule has 1 aromatic carbocycles. The highest BCUT2D eigenvalue weighted by Crippen LogP contribution is 2.30. The van der Waals surface area contributed by atoms with Gasteiger partial charge in [-0.25, -0.2) is 0 Å². The zero-order valence-electron chi connectivity index (χ0n) is 15.0. The van der Waals surface area contributed by atoms with Crippen LogP contribution < -0.4 is 25.4 Å². The van der Waals surface area contributed by atoms with Gasteiger partial charge in [0, 0.05) is 11.8 Å². The fourth-order valence-corrected chi connectivity index (χ4v) is 3.12. The number of quaternary nitrogens is 1. The van der Waals surface area contributed by atoms with Crippen molar-refractivity contribution >= 4 is 17.5 Å². The summed E-state index contributed by atoms with van der Waals surface area (Å²) in [6.45, 7) is 6.69. The summed E-state index contributed by atoms with van der Waals surface area (Å²) in [5, 5.41) is 2.89. The minimum absolute atomic E-state index is 0.0910. The van der Waals surface area contributed by atoms with Gasteiger partial charge >= 0.3 is 0 Å². The van der Waals surface area contributed by atoms with Crippen LogP contribution in [0, 0.1) is 5.92 Å². The van der Waals surface area contributed by atoms with Crippen molar-refractivity contribution in [2.75, 3.05) is 38.2 Å². The molecule has 138 valence electrons. The number of amides is 2. The highest BCUT2D eigenvalue weighted by molar-refractivity contribution is 5.91. The highest BCUT2D eigenvalue weighted by atomic mass is 16.5. The summed E-state index contributed by atoms with van der Waals surface area (Å²) in [6, 6.07) is 5.36. The third-order valence-corrected chi connectivity index (χ3v) is 4.26. The van der Waals surface area contributed by atoms with Crippen LogP contribution in [0.1, 0.15) is 26.7 Å². The number of hydrogen-bond acceptors (Lipinski definition) is 4. The molecule has 1 aliphatic heterocycles. The van der Waals surface area contributed by atoms with E-state index in [0.29, 0.717) is 43.5 Å². The fraction of sp³-hybridized carbons (Fsp3) is 0.556. The number of rotatable bonds is 8. The number of piperidine rings is 1. The van der Waals surface area contributed by atoms with Crippen molar-refractivity contribution in [3.63, 3.8) is 0 Å². The lowest BCUT2D eigenvalue weighted by Crippen LogP contribution is -3.14. The van der Waals surface area contributed by atoms with Gasteiger partial charge in [-0.3, -0.25) is 9.59 Å². The lowest BCUT2D eigenvalue weighted by Gasteiger charge is -2.27. The molecule has 2 amide bonds. The number of likely N-dealkylation sites (tertiary alicyclic amines) is 1. The normalized spacial score (nSPS) is 19.9. The van der Waals surface area contributed by atoms with Crippen LogP contribution in [0.15, 0.2) is 18.2 Å². The SMILES string of the molecule is CCOc1ccc(NC(=O)C[NH+]2CCC[C@@H](C(N)=O)C2)cc1OCC. The van der Waals surface area contributed by atoms with Gasteiger partial charge in [0.05, 0.1) is 32.2 Å². The van der Waals surface area contributed by atoms with Crippen molar-refractivity contribution in [1.82, 2.24) is 0 Å². The zero-order chi connectivity index (χ0) is 18.2. The molecule has 0 spiro atoms. The van der Waals surface area contributed by atoms with E-state index in [0.717, 1.165) is 24.3 Å². The Kier molecular flexibility index (Phi) is 7.06. The van der Waals surface area contributed by atoms with Gasteiger partial charge in [0.2, 0.25) is 5.91 Å². The maximum Gasteiger partial charge on any atom is 0.279 e. The molecule has 4 N–H and O–H groups in total. The van der Waals surface area contributed by atoms with Crippen molar-refractivity contribution < 1.29 is 24.0 Å². The minimum atomic E-state index is -0.273. The van der Waals surface area contributed by atoms with Crippen LogP contribution in [0.25, 0.3) is 0 Å². The van der Waals surface area contributed by atoms with Gasteiger partial charge in [-0.05, 0) is 38.8 Å². The third-order valence-electron chi connectivity index (χ3n) is 4.26. The number of carbonyl (C=O) groups is 2. The van der Waals surface area contributed by atoms with Crippen molar-refractivity contribution in [1.29, 1.82) is 0 Å². The smallest absolute Gasteiger partial charge is 0.279 e. The van der Waals surface area contributed by atoms with E-state index in [2.05, 4.69) is 5.32 Å². The monoisotopic (exact) mass is 350 g/mol. The number of anilines is 1. The lowest BCUT2D eigenvalue weighted by atomic mass is 9.97. The fourth-order valence-electron chi connectivity index (χ4n) is 3.12. The molecule has 0 saturated carbocycles. The first kappa shape index (κ1) is 19.1. The molecule has 2 atom stereocenters. The van der Waals surface area contributed by atoms with Crippen molar-refractivity contribution in [3.8, 4) is 11.5 Å². The minimum Gasteiger partial charge on any atom is -0.490 e. The molecule has 1 heterocycles. The lowest BCUT2D eigenvalue weighted by molar-refractivity contribution is -0.899. The summed E-state index contributed by atoms with van der Waals surface area (Å²) in [5.41, 5.74) is 6.06. The molecule has 25 heavy (non-hydrogen) atoms. The first-order valence-electron chi connectivity index (χ1n) is 8.85. The van der Waals surface area contributed by atoms with Gasteiger partial charge in [0.25, 0.3) is 5.91 Å². The van der Waals surface area contributed by atoms with E-state index in [4.69, 9.17) is 15.2 Å². The molecular formula is C18H28N3O4+. The quantitative estimate of drug-likeness (QED) is 0.624.